The fraction of sp³-hybridized carbons (Fsp3) is 0.150. The van der Waals surface area contributed by atoms with Gasteiger partial charge in [-0.1, -0.05) is 18.2 Å². The van der Waals surface area contributed by atoms with Gasteiger partial charge in [0.2, 0.25) is 0 Å². The molecular formula is C20H21N3O4. The summed E-state index contributed by atoms with van der Waals surface area (Å²) in [5, 5.41) is 16.3. The van der Waals surface area contributed by atoms with Crippen molar-refractivity contribution in [3.8, 4) is 11.5 Å². The molecule has 2 amide bonds. The molecule has 3 N–H and O–H groups in total. The Morgan fingerprint density at radius 2 is 2.04 bits per heavy atom. The molecule has 0 radical (unpaired) electrons. The van der Waals surface area contributed by atoms with Crippen LogP contribution < -0.4 is 15.5 Å². The summed E-state index contributed by atoms with van der Waals surface area (Å²) in [6.07, 6.45) is 3.44. The van der Waals surface area contributed by atoms with Crippen LogP contribution in [0.15, 0.2) is 54.2 Å². The van der Waals surface area contributed by atoms with Crippen LogP contribution >= 0.6 is 0 Å². The van der Waals surface area contributed by atoms with Crippen LogP contribution in [0.1, 0.15) is 16.7 Å². The van der Waals surface area contributed by atoms with Crippen molar-refractivity contribution in [3.63, 3.8) is 0 Å². The number of aromatic hydroxyl groups is 1. The molecule has 0 heterocycles. The lowest BCUT2D eigenvalue weighted by Gasteiger charge is -2.09. The molecule has 7 nitrogen and oxygen atoms in total. The van der Waals surface area contributed by atoms with Crippen LogP contribution in [0, 0.1) is 6.92 Å². The average Bonchev–Trinajstić information content (AvgIpc) is 2.64. The molecule has 0 unspecified atom stereocenters. The number of nitrogens with one attached hydrogen (secondary N) is 2. The largest absolute Gasteiger partial charge is 0.504 e. The Kier molecular flexibility index (Phi) is 6.71. The lowest BCUT2D eigenvalue weighted by Crippen LogP contribution is -2.32. The Hall–Kier alpha value is -3.61. The van der Waals surface area contributed by atoms with Crippen LogP contribution in [-0.4, -0.2) is 30.2 Å². The summed E-state index contributed by atoms with van der Waals surface area (Å²) in [4.78, 5) is 23.7. The number of ether oxygens (including phenoxy) is 1. The number of anilines is 1. The van der Waals surface area contributed by atoms with Crippen molar-refractivity contribution in [2.75, 3.05) is 12.4 Å². The second-order valence-corrected chi connectivity index (χ2v) is 5.75. The summed E-state index contributed by atoms with van der Waals surface area (Å²) >= 11 is 0. The van der Waals surface area contributed by atoms with Crippen LogP contribution in [0.3, 0.4) is 0 Å². The van der Waals surface area contributed by atoms with E-state index in [9.17, 15) is 14.7 Å². The highest BCUT2D eigenvalue weighted by Crippen LogP contribution is 2.31. The number of phenolic OH excluding ortho intramolecular Hbond substituents is 1. The average molecular weight is 367 g/mol. The number of nitrogens with zero attached hydrogens (tertiary/aromatic N) is 1. The second kappa shape index (κ2) is 9.19. The molecule has 7 heteroatoms. The molecule has 0 aliphatic heterocycles. The normalized spacial score (nSPS) is 10.4. The Morgan fingerprint density at radius 1 is 1.26 bits per heavy atom. The predicted octanol–water partition coefficient (Wildman–Crippen LogP) is 2.53. The monoisotopic (exact) mass is 367 g/mol. The zero-order chi connectivity index (χ0) is 19.8. The van der Waals surface area contributed by atoms with E-state index < -0.39 is 11.8 Å². The SMILES string of the molecule is C=CCc1cc(/C=N/NC(=O)C(=O)Nc2cccc(C)c2)cc(OC)c1O. The smallest absolute Gasteiger partial charge is 0.329 e. The van der Waals surface area contributed by atoms with Gasteiger partial charge in [0.1, 0.15) is 0 Å². The van der Waals surface area contributed by atoms with Gasteiger partial charge in [0, 0.05) is 11.3 Å². The van der Waals surface area contributed by atoms with E-state index in [0.29, 0.717) is 23.2 Å². The lowest BCUT2D eigenvalue weighted by atomic mass is 10.1. The maximum atomic E-state index is 11.9. The third-order valence-electron chi connectivity index (χ3n) is 3.62. The van der Waals surface area contributed by atoms with E-state index in [2.05, 4.69) is 22.4 Å². The van der Waals surface area contributed by atoms with E-state index in [0.717, 1.165) is 5.56 Å². The van der Waals surface area contributed by atoms with Gasteiger partial charge in [0.05, 0.1) is 13.3 Å². The number of methoxy groups -OCH3 is 1. The topological polar surface area (TPSA) is 100 Å². The molecular weight excluding hydrogens is 346 g/mol. The Balaban J connectivity index is 2.03. The number of hydrogen-bond acceptors (Lipinski definition) is 5. The number of aryl methyl sites for hydroxylation is 1. The van der Waals surface area contributed by atoms with Gasteiger partial charge in [0.25, 0.3) is 0 Å². The Bertz CT molecular complexity index is 891. The van der Waals surface area contributed by atoms with Gasteiger partial charge in [-0.2, -0.15) is 5.10 Å². The third kappa shape index (κ3) is 5.43. The summed E-state index contributed by atoms with van der Waals surface area (Å²) in [7, 11) is 1.44. The zero-order valence-corrected chi connectivity index (χ0v) is 15.2. The Labute approximate surface area is 157 Å². The molecule has 0 bridgehead atoms. The van der Waals surface area contributed by atoms with E-state index in [1.807, 2.05) is 13.0 Å². The van der Waals surface area contributed by atoms with Crippen molar-refractivity contribution >= 4 is 23.7 Å². The quantitative estimate of drug-likeness (QED) is 0.316. The first-order chi connectivity index (χ1) is 12.9. The number of hydrogen-bond donors (Lipinski definition) is 3. The fourth-order valence-electron chi connectivity index (χ4n) is 2.36. The van der Waals surface area contributed by atoms with Gasteiger partial charge in [-0.25, -0.2) is 5.43 Å². The van der Waals surface area contributed by atoms with Crippen molar-refractivity contribution in [2.45, 2.75) is 13.3 Å². The number of allylic oxidation sites excluding steroid dienone is 1. The van der Waals surface area contributed by atoms with Gasteiger partial charge in [-0.3, -0.25) is 9.59 Å². The summed E-state index contributed by atoms with van der Waals surface area (Å²) in [6.45, 7) is 5.52. The molecule has 2 rings (SSSR count). The van der Waals surface area contributed by atoms with E-state index in [4.69, 9.17) is 4.74 Å². The highest BCUT2D eigenvalue weighted by molar-refractivity contribution is 6.39. The molecule has 0 spiro atoms. The van der Waals surface area contributed by atoms with E-state index >= 15 is 0 Å². The highest BCUT2D eigenvalue weighted by atomic mass is 16.5. The summed E-state index contributed by atoms with van der Waals surface area (Å²) in [6, 6.07) is 10.3. The number of amides is 2. The summed E-state index contributed by atoms with van der Waals surface area (Å²) < 4.78 is 5.12. The molecule has 0 saturated carbocycles. The number of rotatable bonds is 6. The molecule has 0 saturated heterocycles. The molecule has 0 aliphatic rings. The second-order valence-electron chi connectivity index (χ2n) is 5.75. The maximum Gasteiger partial charge on any atom is 0.329 e. The molecule has 27 heavy (non-hydrogen) atoms. The minimum Gasteiger partial charge on any atom is -0.504 e. The lowest BCUT2D eigenvalue weighted by molar-refractivity contribution is -0.136. The molecule has 0 fully saturated rings. The van der Waals surface area contributed by atoms with Crippen LogP contribution in [-0.2, 0) is 16.0 Å². The molecule has 0 aliphatic carbocycles. The standard InChI is InChI=1S/C20H21N3O4/c1-4-6-15-10-14(11-17(27-3)18(15)24)12-21-23-20(26)19(25)22-16-8-5-7-13(2)9-16/h4-5,7-12,24H,1,6H2,2-3H3,(H,22,25)(H,23,26)/b21-12+. The summed E-state index contributed by atoms with van der Waals surface area (Å²) in [5.41, 5.74) is 4.84. The number of carbonyl (C=O) groups is 2. The molecule has 140 valence electrons. The van der Waals surface area contributed by atoms with Gasteiger partial charge in [-0.15, -0.1) is 6.58 Å². The van der Waals surface area contributed by atoms with Crippen molar-refractivity contribution < 1.29 is 19.4 Å². The molecule has 0 aromatic heterocycles. The molecule has 0 atom stereocenters. The number of carbonyl (C=O) groups excluding carboxylic acids is 2. The fourth-order valence-corrected chi connectivity index (χ4v) is 2.36. The maximum absolute atomic E-state index is 11.9. The minimum atomic E-state index is -0.898. The van der Waals surface area contributed by atoms with Crippen molar-refractivity contribution in [1.29, 1.82) is 0 Å². The minimum absolute atomic E-state index is 0.0242. The van der Waals surface area contributed by atoms with Crippen molar-refractivity contribution in [3.05, 3.63) is 65.7 Å². The van der Waals surface area contributed by atoms with E-state index in [1.54, 1.807) is 36.4 Å². The summed E-state index contributed by atoms with van der Waals surface area (Å²) in [5.74, 6) is -1.42. The van der Waals surface area contributed by atoms with Crippen LogP contribution in [0.2, 0.25) is 0 Å². The van der Waals surface area contributed by atoms with E-state index in [1.165, 1.54) is 13.3 Å². The van der Waals surface area contributed by atoms with Crippen LogP contribution in [0.4, 0.5) is 5.69 Å². The van der Waals surface area contributed by atoms with Gasteiger partial charge < -0.3 is 15.2 Å². The number of hydrazone groups is 1. The van der Waals surface area contributed by atoms with Gasteiger partial charge in [0.15, 0.2) is 11.5 Å². The first kappa shape index (κ1) is 19.7. The first-order valence-electron chi connectivity index (χ1n) is 8.16. The third-order valence-corrected chi connectivity index (χ3v) is 3.62. The Morgan fingerprint density at radius 3 is 2.70 bits per heavy atom. The van der Waals surface area contributed by atoms with Crippen molar-refractivity contribution in [1.82, 2.24) is 5.43 Å². The molecule has 2 aromatic rings. The molecule has 2 aromatic carbocycles. The van der Waals surface area contributed by atoms with Crippen molar-refractivity contribution in [2.24, 2.45) is 5.10 Å². The van der Waals surface area contributed by atoms with E-state index in [-0.39, 0.29) is 11.5 Å². The zero-order valence-electron chi connectivity index (χ0n) is 15.2. The highest BCUT2D eigenvalue weighted by Gasteiger charge is 2.13. The number of phenols is 1. The van der Waals surface area contributed by atoms with Gasteiger partial charge >= 0.3 is 11.8 Å². The first-order valence-corrected chi connectivity index (χ1v) is 8.16. The van der Waals surface area contributed by atoms with Gasteiger partial charge in [-0.05, 0) is 48.7 Å². The van der Waals surface area contributed by atoms with Crippen LogP contribution in [0.25, 0.3) is 0 Å². The number of benzene rings is 2. The predicted molar refractivity (Wildman–Crippen MR) is 104 cm³/mol. The van der Waals surface area contributed by atoms with Crippen LogP contribution in [0.5, 0.6) is 11.5 Å².